The van der Waals surface area contributed by atoms with E-state index < -0.39 is 0 Å². The van der Waals surface area contributed by atoms with E-state index in [2.05, 4.69) is 4.98 Å². The van der Waals surface area contributed by atoms with Gasteiger partial charge in [0.15, 0.2) is 11.4 Å². The largest absolute Gasteiger partial charge is 0.485 e. The number of rotatable bonds is 4. The maximum atomic E-state index is 9.40. The lowest BCUT2D eigenvalue weighted by Gasteiger charge is -2.07. The summed E-state index contributed by atoms with van der Waals surface area (Å²) >= 11 is 0. The molecule has 1 aromatic carbocycles. The molecular weight excluding hydrogens is 252 g/mol. The van der Waals surface area contributed by atoms with Crippen molar-refractivity contribution in [2.75, 3.05) is 0 Å². The SMILES string of the molecule is Cc1nc2c(OCc3ccccc3)cccn2c1CO. The van der Waals surface area contributed by atoms with Crippen LogP contribution in [0.2, 0.25) is 0 Å². The van der Waals surface area contributed by atoms with E-state index in [0.29, 0.717) is 6.61 Å². The molecule has 0 atom stereocenters. The Morgan fingerprint density at radius 1 is 1.15 bits per heavy atom. The normalized spacial score (nSPS) is 10.9. The minimum Gasteiger partial charge on any atom is -0.485 e. The molecule has 3 aromatic rings. The third kappa shape index (κ3) is 2.26. The number of aliphatic hydroxyl groups is 1. The van der Waals surface area contributed by atoms with Crippen LogP contribution in [0.15, 0.2) is 48.7 Å². The molecule has 2 aromatic heterocycles. The van der Waals surface area contributed by atoms with Crippen molar-refractivity contribution in [1.82, 2.24) is 9.38 Å². The van der Waals surface area contributed by atoms with Crippen molar-refractivity contribution < 1.29 is 9.84 Å². The average molecular weight is 268 g/mol. The number of benzene rings is 1. The zero-order valence-electron chi connectivity index (χ0n) is 11.3. The summed E-state index contributed by atoms with van der Waals surface area (Å²) in [6.45, 7) is 2.36. The minimum atomic E-state index is -0.0326. The molecule has 0 saturated heterocycles. The first-order chi connectivity index (χ1) is 9.79. The van der Waals surface area contributed by atoms with Gasteiger partial charge in [-0.15, -0.1) is 0 Å². The van der Waals surface area contributed by atoms with Gasteiger partial charge in [0, 0.05) is 6.20 Å². The fourth-order valence-corrected chi connectivity index (χ4v) is 2.24. The Kier molecular flexibility index (Phi) is 3.39. The fraction of sp³-hybridized carbons (Fsp3) is 0.188. The van der Waals surface area contributed by atoms with Gasteiger partial charge in [0.2, 0.25) is 0 Å². The van der Waals surface area contributed by atoms with Crippen molar-refractivity contribution >= 4 is 5.65 Å². The minimum absolute atomic E-state index is 0.0326. The van der Waals surface area contributed by atoms with E-state index >= 15 is 0 Å². The highest BCUT2D eigenvalue weighted by molar-refractivity contribution is 5.56. The van der Waals surface area contributed by atoms with E-state index in [0.717, 1.165) is 28.3 Å². The van der Waals surface area contributed by atoms with Crippen molar-refractivity contribution in [2.45, 2.75) is 20.1 Å². The van der Waals surface area contributed by atoms with Gasteiger partial charge in [0.25, 0.3) is 0 Å². The first-order valence-electron chi connectivity index (χ1n) is 6.53. The Balaban J connectivity index is 1.92. The van der Waals surface area contributed by atoms with E-state index in [1.165, 1.54) is 0 Å². The number of pyridine rings is 1. The van der Waals surface area contributed by atoms with E-state index in [9.17, 15) is 5.11 Å². The lowest BCUT2D eigenvalue weighted by molar-refractivity contribution is 0.274. The number of aryl methyl sites for hydroxylation is 1. The first-order valence-corrected chi connectivity index (χ1v) is 6.53. The van der Waals surface area contributed by atoms with Gasteiger partial charge < -0.3 is 9.84 Å². The number of ether oxygens (including phenoxy) is 1. The Morgan fingerprint density at radius 2 is 1.95 bits per heavy atom. The van der Waals surface area contributed by atoms with Crippen molar-refractivity contribution in [1.29, 1.82) is 0 Å². The van der Waals surface area contributed by atoms with Gasteiger partial charge in [0.05, 0.1) is 18.0 Å². The van der Waals surface area contributed by atoms with Crippen molar-refractivity contribution in [3.05, 3.63) is 65.6 Å². The maximum absolute atomic E-state index is 9.40. The number of nitrogens with zero attached hydrogens (tertiary/aromatic N) is 2. The summed E-state index contributed by atoms with van der Waals surface area (Å²) in [5, 5.41) is 9.40. The third-order valence-electron chi connectivity index (χ3n) is 3.30. The lowest BCUT2D eigenvalue weighted by atomic mass is 10.2. The van der Waals surface area contributed by atoms with Gasteiger partial charge in [0.1, 0.15) is 6.61 Å². The summed E-state index contributed by atoms with van der Waals surface area (Å²) in [5.41, 5.74) is 3.47. The molecule has 0 radical (unpaired) electrons. The van der Waals surface area contributed by atoms with Crippen LogP contribution in [0.3, 0.4) is 0 Å². The van der Waals surface area contributed by atoms with Crippen LogP contribution in [-0.4, -0.2) is 14.5 Å². The molecule has 102 valence electrons. The summed E-state index contributed by atoms with van der Waals surface area (Å²) in [6, 6.07) is 13.8. The molecule has 3 rings (SSSR count). The van der Waals surface area contributed by atoms with Gasteiger partial charge >= 0.3 is 0 Å². The van der Waals surface area contributed by atoms with Crippen molar-refractivity contribution in [2.24, 2.45) is 0 Å². The van der Waals surface area contributed by atoms with Crippen molar-refractivity contribution in [3.8, 4) is 5.75 Å². The van der Waals surface area contributed by atoms with E-state index in [1.54, 1.807) is 0 Å². The zero-order valence-corrected chi connectivity index (χ0v) is 11.3. The number of hydrogen-bond donors (Lipinski definition) is 1. The molecule has 1 N–H and O–H groups in total. The van der Waals surface area contributed by atoms with Gasteiger partial charge in [-0.2, -0.15) is 0 Å². The van der Waals surface area contributed by atoms with Gasteiger partial charge in [-0.05, 0) is 24.6 Å². The average Bonchev–Trinajstić information content (AvgIpc) is 2.82. The summed E-state index contributed by atoms with van der Waals surface area (Å²) in [5.74, 6) is 0.721. The molecule has 4 nitrogen and oxygen atoms in total. The second-order valence-electron chi connectivity index (χ2n) is 4.64. The Hall–Kier alpha value is -2.33. The van der Waals surface area contributed by atoms with E-state index in [1.807, 2.05) is 60.0 Å². The summed E-state index contributed by atoms with van der Waals surface area (Å²) in [7, 11) is 0. The molecule has 0 aliphatic carbocycles. The van der Waals surface area contributed by atoms with E-state index in [4.69, 9.17) is 4.74 Å². The van der Waals surface area contributed by atoms with Crippen LogP contribution in [-0.2, 0) is 13.2 Å². The Labute approximate surface area is 117 Å². The van der Waals surface area contributed by atoms with Crippen LogP contribution in [0, 0.1) is 6.92 Å². The number of fused-ring (bicyclic) bond motifs is 1. The lowest BCUT2D eigenvalue weighted by Crippen LogP contribution is -1.98. The molecule has 20 heavy (non-hydrogen) atoms. The summed E-state index contributed by atoms with van der Waals surface area (Å²) < 4.78 is 7.72. The standard InChI is InChI=1S/C16H16N2O2/c1-12-14(10-19)18-9-5-8-15(16(18)17-12)20-11-13-6-3-2-4-7-13/h2-9,19H,10-11H2,1H3. The molecule has 0 aliphatic rings. The fourth-order valence-electron chi connectivity index (χ4n) is 2.24. The highest BCUT2D eigenvalue weighted by Crippen LogP contribution is 2.22. The molecule has 0 aliphatic heterocycles. The van der Waals surface area contributed by atoms with Gasteiger partial charge in [-0.3, -0.25) is 4.40 Å². The van der Waals surface area contributed by atoms with Gasteiger partial charge in [-0.1, -0.05) is 30.3 Å². The van der Waals surface area contributed by atoms with Crippen LogP contribution in [0.4, 0.5) is 0 Å². The molecule has 0 bridgehead atoms. The van der Waals surface area contributed by atoms with Crippen LogP contribution < -0.4 is 4.74 Å². The summed E-state index contributed by atoms with van der Waals surface area (Å²) in [4.78, 5) is 4.47. The molecule has 4 heteroatoms. The molecule has 2 heterocycles. The van der Waals surface area contributed by atoms with E-state index in [-0.39, 0.29) is 6.61 Å². The number of aromatic nitrogens is 2. The van der Waals surface area contributed by atoms with Crippen LogP contribution in [0.5, 0.6) is 5.75 Å². The van der Waals surface area contributed by atoms with Crippen LogP contribution in [0.25, 0.3) is 5.65 Å². The van der Waals surface area contributed by atoms with Gasteiger partial charge in [-0.25, -0.2) is 4.98 Å². The smallest absolute Gasteiger partial charge is 0.180 e. The topological polar surface area (TPSA) is 46.8 Å². The molecule has 0 unspecified atom stereocenters. The zero-order chi connectivity index (χ0) is 13.9. The molecule has 0 spiro atoms. The Morgan fingerprint density at radius 3 is 2.70 bits per heavy atom. The highest BCUT2D eigenvalue weighted by atomic mass is 16.5. The third-order valence-corrected chi connectivity index (χ3v) is 3.30. The predicted molar refractivity (Wildman–Crippen MR) is 76.6 cm³/mol. The quantitative estimate of drug-likeness (QED) is 0.791. The van der Waals surface area contributed by atoms with Crippen LogP contribution in [0.1, 0.15) is 17.0 Å². The second kappa shape index (κ2) is 5.35. The Bertz CT molecular complexity index is 720. The molecule has 0 amide bonds. The highest BCUT2D eigenvalue weighted by Gasteiger charge is 2.11. The van der Waals surface area contributed by atoms with Crippen LogP contribution >= 0.6 is 0 Å². The predicted octanol–water partition coefficient (Wildman–Crippen LogP) is 2.71. The molecule has 0 fully saturated rings. The number of imidazole rings is 1. The molecule has 0 saturated carbocycles. The number of aliphatic hydroxyl groups excluding tert-OH is 1. The summed E-state index contributed by atoms with van der Waals surface area (Å²) in [6.07, 6.45) is 1.89. The molecular formula is C16H16N2O2. The maximum Gasteiger partial charge on any atom is 0.180 e. The monoisotopic (exact) mass is 268 g/mol. The van der Waals surface area contributed by atoms with Crippen molar-refractivity contribution in [3.63, 3.8) is 0 Å². The number of hydrogen-bond acceptors (Lipinski definition) is 3. The second-order valence-corrected chi connectivity index (χ2v) is 4.64. The first kappa shape index (κ1) is 12.7.